The van der Waals surface area contributed by atoms with Crippen LogP contribution in [0.4, 0.5) is 5.82 Å². The number of nitrogens with zero attached hydrogens (tertiary/aromatic N) is 3. The Bertz CT molecular complexity index is 765. The Morgan fingerprint density at radius 3 is 2.95 bits per heavy atom. The first kappa shape index (κ1) is 12.3. The highest BCUT2D eigenvalue weighted by molar-refractivity contribution is 9.10. The van der Waals surface area contributed by atoms with Gasteiger partial charge in [-0.05, 0) is 43.2 Å². The van der Waals surface area contributed by atoms with E-state index in [-0.39, 0.29) is 5.82 Å². The molecule has 0 amide bonds. The first-order valence-corrected chi connectivity index (χ1v) is 7.15. The standard InChI is InChI=1S/C12H8BrN3O2S/c13-10-6-15(14-12(10)16(17)18)5-8-7-19-11-4-2-1-3-9(8)11/h1-4,6-7H,5H2. The van der Waals surface area contributed by atoms with Gasteiger partial charge in [-0.1, -0.05) is 18.2 Å². The Morgan fingerprint density at radius 1 is 1.42 bits per heavy atom. The summed E-state index contributed by atoms with van der Waals surface area (Å²) in [5.74, 6) is -0.153. The van der Waals surface area contributed by atoms with Crippen molar-refractivity contribution in [1.29, 1.82) is 0 Å². The van der Waals surface area contributed by atoms with Gasteiger partial charge in [-0.3, -0.25) is 0 Å². The van der Waals surface area contributed by atoms with Crippen LogP contribution < -0.4 is 0 Å². The van der Waals surface area contributed by atoms with Crippen LogP contribution in [0.5, 0.6) is 0 Å². The first-order valence-electron chi connectivity index (χ1n) is 5.47. The highest BCUT2D eigenvalue weighted by Crippen LogP contribution is 2.27. The van der Waals surface area contributed by atoms with Crippen molar-refractivity contribution in [3.63, 3.8) is 0 Å². The Kier molecular flexibility index (Phi) is 3.08. The Morgan fingerprint density at radius 2 is 2.21 bits per heavy atom. The third-order valence-electron chi connectivity index (χ3n) is 2.77. The van der Waals surface area contributed by atoms with Crippen LogP contribution in [0.1, 0.15) is 5.56 Å². The summed E-state index contributed by atoms with van der Waals surface area (Å²) in [4.78, 5) is 10.3. The number of halogens is 1. The maximum absolute atomic E-state index is 10.8. The third-order valence-corrected chi connectivity index (χ3v) is 4.34. The second-order valence-corrected chi connectivity index (χ2v) is 5.78. The molecular weight excluding hydrogens is 330 g/mol. The van der Waals surface area contributed by atoms with E-state index in [9.17, 15) is 10.1 Å². The van der Waals surface area contributed by atoms with Gasteiger partial charge in [0, 0.05) is 4.70 Å². The Hall–Kier alpha value is -1.73. The highest BCUT2D eigenvalue weighted by atomic mass is 79.9. The van der Waals surface area contributed by atoms with E-state index in [1.54, 1.807) is 22.2 Å². The van der Waals surface area contributed by atoms with Gasteiger partial charge in [0.1, 0.15) is 4.47 Å². The van der Waals surface area contributed by atoms with E-state index >= 15 is 0 Å². The van der Waals surface area contributed by atoms with Crippen molar-refractivity contribution in [3.8, 4) is 0 Å². The zero-order chi connectivity index (χ0) is 13.4. The largest absolute Gasteiger partial charge is 0.404 e. The molecule has 0 aliphatic carbocycles. The molecule has 0 radical (unpaired) electrons. The molecule has 0 atom stereocenters. The molecule has 7 heteroatoms. The molecule has 5 nitrogen and oxygen atoms in total. The molecule has 0 fully saturated rings. The molecule has 0 N–H and O–H groups in total. The van der Waals surface area contributed by atoms with Crippen LogP contribution in [-0.2, 0) is 6.54 Å². The summed E-state index contributed by atoms with van der Waals surface area (Å²) in [5.41, 5.74) is 1.12. The van der Waals surface area contributed by atoms with Gasteiger partial charge in [-0.15, -0.1) is 11.3 Å². The maximum Gasteiger partial charge on any atom is 0.404 e. The molecule has 0 aliphatic rings. The van der Waals surface area contributed by atoms with E-state index in [0.29, 0.717) is 11.0 Å². The summed E-state index contributed by atoms with van der Waals surface area (Å²) >= 11 is 4.81. The second kappa shape index (κ2) is 4.75. The van der Waals surface area contributed by atoms with Gasteiger partial charge < -0.3 is 10.1 Å². The average Bonchev–Trinajstić information content (AvgIpc) is 2.95. The lowest BCUT2D eigenvalue weighted by atomic mass is 10.2. The number of aromatic nitrogens is 2. The SMILES string of the molecule is O=[N+]([O-])c1nn(Cc2csc3ccccc23)cc1Br. The zero-order valence-corrected chi connectivity index (χ0v) is 12.0. The molecule has 0 bridgehead atoms. The summed E-state index contributed by atoms with van der Waals surface area (Å²) in [5, 5.41) is 17.9. The summed E-state index contributed by atoms with van der Waals surface area (Å²) in [6, 6.07) is 8.09. The molecule has 19 heavy (non-hydrogen) atoms. The number of thiophene rings is 1. The van der Waals surface area contributed by atoms with Crippen molar-refractivity contribution in [1.82, 2.24) is 9.78 Å². The van der Waals surface area contributed by atoms with Gasteiger partial charge in [0.15, 0.2) is 0 Å². The van der Waals surface area contributed by atoms with Crippen molar-refractivity contribution in [2.45, 2.75) is 6.54 Å². The lowest BCUT2D eigenvalue weighted by molar-refractivity contribution is -0.390. The van der Waals surface area contributed by atoms with Crippen LogP contribution in [0.15, 0.2) is 40.3 Å². The molecule has 0 aliphatic heterocycles. The van der Waals surface area contributed by atoms with Gasteiger partial charge in [0.25, 0.3) is 0 Å². The van der Waals surface area contributed by atoms with Gasteiger partial charge in [0.2, 0.25) is 0 Å². The Balaban J connectivity index is 1.97. The van der Waals surface area contributed by atoms with E-state index in [1.165, 1.54) is 10.1 Å². The minimum atomic E-state index is -0.494. The van der Waals surface area contributed by atoms with Gasteiger partial charge in [-0.2, -0.15) is 4.68 Å². The summed E-state index contributed by atoms with van der Waals surface area (Å²) in [6.45, 7) is 0.524. The average molecular weight is 338 g/mol. The van der Waals surface area contributed by atoms with E-state index in [4.69, 9.17) is 0 Å². The zero-order valence-electron chi connectivity index (χ0n) is 9.62. The molecule has 2 aromatic heterocycles. The molecule has 3 rings (SSSR count). The monoisotopic (exact) mass is 337 g/mol. The van der Waals surface area contributed by atoms with E-state index in [2.05, 4.69) is 32.5 Å². The van der Waals surface area contributed by atoms with E-state index in [0.717, 1.165) is 5.56 Å². The first-order chi connectivity index (χ1) is 9.15. The minimum absolute atomic E-state index is 0.153. The van der Waals surface area contributed by atoms with Gasteiger partial charge in [-0.25, -0.2) is 0 Å². The van der Waals surface area contributed by atoms with E-state index in [1.807, 2.05) is 18.2 Å². The number of nitro groups is 1. The van der Waals surface area contributed by atoms with Crippen LogP contribution >= 0.6 is 27.3 Å². The van der Waals surface area contributed by atoms with Crippen LogP contribution in [0.2, 0.25) is 0 Å². The number of benzene rings is 1. The number of hydrogen-bond acceptors (Lipinski definition) is 4. The van der Waals surface area contributed by atoms with Crippen molar-refractivity contribution < 1.29 is 4.92 Å². The summed E-state index contributed by atoms with van der Waals surface area (Å²) in [6.07, 6.45) is 1.63. The van der Waals surface area contributed by atoms with Crippen LogP contribution in [-0.4, -0.2) is 14.7 Å². The second-order valence-electron chi connectivity index (χ2n) is 4.01. The molecule has 0 spiro atoms. The van der Waals surface area contributed by atoms with Crippen LogP contribution in [0.3, 0.4) is 0 Å². The van der Waals surface area contributed by atoms with Gasteiger partial charge in [0.05, 0.1) is 17.8 Å². The van der Waals surface area contributed by atoms with Crippen molar-refractivity contribution in [3.05, 3.63) is 56.0 Å². The fourth-order valence-electron chi connectivity index (χ4n) is 1.92. The number of rotatable bonds is 3. The molecular formula is C12H8BrN3O2S. The van der Waals surface area contributed by atoms with Crippen LogP contribution in [0.25, 0.3) is 10.1 Å². The fourth-order valence-corrected chi connectivity index (χ4v) is 3.34. The lowest BCUT2D eigenvalue weighted by Crippen LogP contribution is -2.00. The number of fused-ring (bicyclic) bond motifs is 1. The van der Waals surface area contributed by atoms with Gasteiger partial charge >= 0.3 is 5.82 Å². The topological polar surface area (TPSA) is 61.0 Å². The maximum atomic E-state index is 10.8. The molecule has 3 aromatic rings. The molecule has 1 aromatic carbocycles. The predicted molar refractivity (Wildman–Crippen MR) is 77.5 cm³/mol. The molecule has 0 saturated carbocycles. The molecule has 0 unspecified atom stereocenters. The summed E-state index contributed by atoms with van der Waals surface area (Å²) in [7, 11) is 0. The van der Waals surface area contributed by atoms with E-state index < -0.39 is 4.92 Å². The molecule has 2 heterocycles. The Labute approximate surface area is 120 Å². The molecule has 96 valence electrons. The lowest BCUT2D eigenvalue weighted by Gasteiger charge is -1.96. The molecule has 0 saturated heterocycles. The number of hydrogen-bond donors (Lipinski definition) is 0. The quantitative estimate of drug-likeness (QED) is 0.539. The smallest absolute Gasteiger partial charge is 0.358 e. The summed E-state index contributed by atoms with van der Waals surface area (Å²) < 4.78 is 3.19. The fraction of sp³-hybridized carbons (Fsp3) is 0.0833. The minimum Gasteiger partial charge on any atom is -0.358 e. The normalized spacial score (nSPS) is 11.0. The third kappa shape index (κ3) is 2.26. The van der Waals surface area contributed by atoms with Crippen molar-refractivity contribution in [2.24, 2.45) is 0 Å². The predicted octanol–water partition coefficient (Wildman–Crippen LogP) is 3.82. The van der Waals surface area contributed by atoms with Crippen molar-refractivity contribution in [2.75, 3.05) is 0 Å². The van der Waals surface area contributed by atoms with Crippen LogP contribution in [0, 0.1) is 10.1 Å². The highest BCUT2D eigenvalue weighted by Gasteiger charge is 2.19. The van der Waals surface area contributed by atoms with Crippen molar-refractivity contribution >= 4 is 43.2 Å².